The van der Waals surface area contributed by atoms with Crippen molar-refractivity contribution in [2.75, 3.05) is 18.8 Å². The molecule has 4 nitrogen and oxygen atoms in total. The molecule has 0 aliphatic rings. The zero-order valence-electron chi connectivity index (χ0n) is 11.6. The molecule has 0 radical (unpaired) electrons. The predicted molar refractivity (Wildman–Crippen MR) is 91.5 cm³/mol. The highest BCUT2D eigenvalue weighted by atomic mass is 32.2. The van der Waals surface area contributed by atoms with E-state index in [2.05, 4.69) is 27.2 Å². The lowest BCUT2D eigenvalue weighted by Crippen LogP contribution is -2.02. The van der Waals surface area contributed by atoms with Gasteiger partial charge in [0.25, 0.3) is 5.95 Å². The van der Waals surface area contributed by atoms with Gasteiger partial charge in [0.1, 0.15) is 4.38 Å². The number of hydrogen-bond donors (Lipinski definition) is 0. The first-order valence-corrected chi connectivity index (χ1v) is 9.63. The number of aliphatic imine (C=N–C) groups is 1. The SMILES string of the molecule is CSC(=Nc1nc(SC)nn1Cc1ccccc1)SC. The Labute approximate surface area is 131 Å². The van der Waals surface area contributed by atoms with Crippen LogP contribution in [0.2, 0.25) is 0 Å². The molecular formula is C13H16N4S3. The molecule has 7 heteroatoms. The van der Waals surface area contributed by atoms with Gasteiger partial charge in [0, 0.05) is 0 Å². The Hall–Kier alpha value is -0.920. The van der Waals surface area contributed by atoms with Crippen LogP contribution < -0.4 is 0 Å². The third-order valence-corrected chi connectivity index (χ3v) is 4.95. The molecule has 1 heterocycles. The van der Waals surface area contributed by atoms with Crippen LogP contribution in [0.5, 0.6) is 0 Å². The second kappa shape index (κ2) is 7.75. The summed E-state index contributed by atoms with van der Waals surface area (Å²) in [6, 6.07) is 10.2. The molecule has 0 N–H and O–H groups in total. The Kier molecular flexibility index (Phi) is 6.00. The van der Waals surface area contributed by atoms with Crippen LogP contribution in [-0.4, -0.2) is 37.9 Å². The number of nitrogens with zero attached hydrogens (tertiary/aromatic N) is 4. The minimum absolute atomic E-state index is 0.664. The van der Waals surface area contributed by atoms with Gasteiger partial charge in [-0.05, 0) is 24.3 Å². The van der Waals surface area contributed by atoms with Crippen molar-refractivity contribution in [3.63, 3.8) is 0 Å². The fourth-order valence-electron chi connectivity index (χ4n) is 1.60. The quantitative estimate of drug-likeness (QED) is 0.487. The average molecular weight is 325 g/mol. The van der Waals surface area contributed by atoms with Crippen LogP contribution in [0.15, 0.2) is 40.5 Å². The van der Waals surface area contributed by atoms with E-state index in [0.717, 1.165) is 9.53 Å². The van der Waals surface area contributed by atoms with Crippen molar-refractivity contribution >= 4 is 45.6 Å². The molecule has 0 atom stereocenters. The van der Waals surface area contributed by atoms with Gasteiger partial charge in [-0.25, -0.2) is 4.68 Å². The van der Waals surface area contributed by atoms with Gasteiger partial charge < -0.3 is 0 Å². The first-order valence-electron chi connectivity index (χ1n) is 5.96. The molecule has 1 aromatic carbocycles. The Bertz CT molecular complexity index is 575. The summed E-state index contributed by atoms with van der Waals surface area (Å²) < 4.78 is 2.84. The van der Waals surface area contributed by atoms with E-state index in [9.17, 15) is 0 Å². The number of hydrogen-bond acceptors (Lipinski definition) is 6. The topological polar surface area (TPSA) is 43.1 Å². The van der Waals surface area contributed by atoms with Gasteiger partial charge >= 0.3 is 0 Å². The predicted octanol–water partition coefficient (Wildman–Crippen LogP) is 3.76. The summed E-state index contributed by atoms with van der Waals surface area (Å²) in [6.45, 7) is 0.684. The summed E-state index contributed by atoms with van der Waals surface area (Å²) in [4.78, 5) is 9.04. The molecule has 106 valence electrons. The van der Waals surface area contributed by atoms with Crippen LogP contribution >= 0.6 is 35.3 Å². The van der Waals surface area contributed by atoms with Gasteiger partial charge in [-0.3, -0.25) is 0 Å². The van der Waals surface area contributed by atoms with Crippen molar-refractivity contribution in [1.29, 1.82) is 0 Å². The van der Waals surface area contributed by atoms with Crippen LogP contribution in [0.3, 0.4) is 0 Å². The third-order valence-electron chi connectivity index (χ3n) is 2.53. The smallest absolute Gasteiger partial charge is 0.224 e. The van der Waals surface area contributed by atoms with E-state index in [1.807, 2.05) is 41.6 Å². The lowest BCUT2D eigenvalue weighted by Gasteiger charge is -2.03. The molecule has 0 aliphatic carbocycles. The van der Waals surface area contributed by atoms with Gasteiger partial charge in [0.15, 0.2) is 0 Å². The number of benzene rings is 1. The molecule has 0 spiro atoms. The Morgan fingerprint density at radius 3 is 2.45 bits per heavy atom. The van der Waals surface area contributed by atoms with E-state index in [0.29, 0.717) is 12.5 Å². The summed E-state index contributed by atoms with van der Waals surface area (Å²) in [5.74, 6) is 0.664. The fourth-order valence-corrected chi connectivity index (χ4v) is 2.97. The number of rotatable bonds is 4. The summed E-state index contributed by atoms with van der Waals surface area (Å²) in [5.41, 5.74) is 1.19. The largest absolute Gasteiger partial charge is 0.250 e. The van der Waals surface area contributed by atoms with Gasteiger partial charge in [-0.2, -0.15) is 9.98 Å². The average Bonchev–Trinajstić information content (AvgIpc) is 2.87. The van der Waals surface area contributed by atoms with Crippen LogP contribution in [0.25, 0.3) is 0 Å². The first kappa shape index (κ1) is 15.5. The highest BCUT2D eigenvalue weighted by molar-refractivity contribution is 8.38. The summed E-state index contributed by atoms with van der Waals surface area (Å²) in [6.07, 6.45) is 6.01. The minimum Gasteiger partial charge on any atom is -0.224 e. The molecule has 0 bridgehead atoms. The number of thioether (sulfide) groups is 3. The van der Waals surface area contributed by atoms with Crippen LogP contribution in [0.1, 0.15) is 5.56 Å². The van der Waals surface area contributed by atoms with Gasteiger partial charge in [-0.1, -0.05) is 42.1 Å². The van der Waals surface area contributed by atoms with Crippen LogP contribution in [0, 0.1) is 0 Å². The Morgan fingerprint density at radius 1 is 1.15 bits per heavy atom. The Morgan fingerprint density at radius 2 is 1.85 bits per heavy atom. The van der Waals surface area contributed by atoms with Crippen LogP contribution in [-0.2, 0) is 6.54 Å². The molecule has 20 heavy (non-hydrogen) atoms. The van der Waals surface area contributed by atoms with Crippen molar-refractivity contribution in [2.45, 2.75) is 11.7 Å². The summed E-state index contributed by atoms with van der Waals surface area (Å²) in [7, 11) is 0. The van der Waals surface area contributed by atoms with E-state index in [1.165, 1.54) is 17.3 Å². The third kappa shape index (κ3) is 4.04. The normalized spacial score (nSPS) is 10.6. The zero-order chi connectivity index (χ0) is 14.4. The lowest BCUT2D eigenvalue weighted by atomic mass is 10.2. The van der Waals surface area contributed by atoms with Gasteiger partial charge in [0.05, 0.1) is 6.54 Å². The second-order valence-corrected chi connectivity index (χ2v) is 6.45. The standard InChI is InChI=1S/C13H16N4S3/c1-18-12-14-11(15-13(19-2)20-3)17(16-12)9-10-7-5-4-6-8-10/h4-8H,9H2,1-3H3. The maximum atomic E-state index is 4.58. The Balaban J connectivity index is 2.32. The van der Waals surface area contributed by atoms with Crippen molar-refractivity contribution in [2.24, 2.45) is 4.99 Å². The molecule has 0 saturated carbocycles. The zero-order valence-corrected chi connectivity index (χ0v) is 14.1. The van der Waals surface area contributed by atoms with E-state index < -0.39 is 0 Å². The molecule has 2 rings (SSSR count). The summed E-state index contributed by atoms with van der Waals surface area (Å²) >= 11 is 4.77. The van der Waals surface area contributed by atoms with Crippen molar-refractivity contribution in [1.82, 2.24) is 14.8 Å². The van der Waals surface area contributed by atoms with Crippen molar-refractivity contribution in [3.8, 4) is 0 Å². The molecule has 0 saturated heterocycles. The monoisotopic (exact) mass is 324 g/mol. The molecule has 2 aromatic rings. The molecule has 0 aliphatic heterocycles. The van der Waals surface area contributed by atoms with Gasteiger partial charge in [0.2, 0.25) is 5.16 Å². The van der Waals surface area contributed by atoms with E-state index in [1.54, 1.807) is 23.5 Å². The number of aromatic nitrogens is 3. The van der Waals surface area contributed by atoms with Crippen molar-refractivity contribution < 1.29 is 0 Å². The van der Waals surface area contributed by atoms with E-state index >= 15 is 0 Å². The van der Waals surface area contributed by atoms with Crippen LogP contribution in [0.4, 0.5) is 5.95 Å². The maximum Gasteiger partial charge on any atom is 0.250 e. The van der Waals surface area contributed by atoms with Crippen molar-refractivity contribution in [3.05, 3.63) is 35.9 Å². The highest BCUT2D eigenvalue weighted by Gasteiger charge is 2.10. The summed E-state index contributed by atoms with van der Waals surface area (Å²) in [5, 5.41) is 5.24. The maximum absolute atomic E-state index is 4.58. The van der Waals surface area contributed by atoms with Gasteiger partial charge in [-0.15, -0.1) is 28.6 Å². The molecule has 0 amide bonds. The molecule has 0 unspecified atom stereocenters. The fraction of sp³-hybridized carbons (Fsp3) is 0.308. The molecule has 0 fully saturated rings. The highest BCUT2D eigenvalue weighted by Crippen LogP contribution is 2.21. The van der Waals surface area contributed by atoms with E-state index in [-0.39, 0.29) is 0 Å². The molecule has 1 aromatic heterocycles. The lowest BCUT2D eigenvalue weighted by molar-refractivity contribution is 0.670. The minimum atomic E-state index is 0.664. The van der Waals surface area contributed by atoms with E-state index in [4.69, 9.17) is 0 Å². The first-order chi connectivity index (χ1) is 9.76. The molecular weight excluding hydrogens is 308 g/mol. The second-order valence-electron chi connectivity index (χ2n) is 3.83.